The number of carbonyl (C=O) groups is 1. The normalized spacial score (nSPS) is 13.1. The molecule has 0 radical (unpaired) electrons. The fraction of sp³-hybridized carbons (Fsp3) is 0.304. The van der Waals surface area contributed by atoms with Gasteiger partial charge in [-0.05, 0) is 54.8 Å². The van der Waals surface area contributed by atoms with Crippen LogP contribution in [0.4, 0.5) is 0 Å². The second-order valence-corrected chi connectivity index (χ2v) is 8.16. The first-order valence-electron chi connectivity index (χ1n) is 9.87. The Balaban J connectivity index is 1.38. The van der Waals surface area contributed by atoms with Crippen molar-refractivity contribution in [3.8, 4) is 11.5 Å². The molecule has 3 aromatic rings. The lowest BCUT2D eigenvalue weighted by atomic mass is 10.1. The number of rotatable bonds is 9. The summed E-state index contributed by atoms with van der Waals surface area (Å²) < 4.78 is 11.0. The summed E-state index contributed by atoms with van der Waals surface area (Å²) in [6.45, 7) is 0.883. The summed E-state index contributed by atoms with van der Waals surface area (Å²) in [6, 6.07) is 15.4. The van der Waals surface area contributed by atoms with Gasteiger partial charge in [0.05, 0.1) is 19.4 Å². The first kappa shape index (κ1) is 20.4. The van der Waals surface area contributed by atoms with Gasteiger partial charge in [0.25, 0.3) is 5.91 Å². The Morgan fingerprint density at radius 2 is 1.83 bits per heavy atom. The number of methoxy groups -OCH3 is 1. The number of aromatic nitrogens is 1. The minimum absolute atomic E-state index is 0.0453. The van der Waals surface area contributed by atoms with E-state index in [1.165, 1.54) is 11.3 Å². The number of aliphatic hydroxyl groups excluding tert-OH is 1. The smallest absolute Gasteiger partial charge is 0.254 e. The molecular weight excluding hydrogens is 400 g/mol. The molecule has 1 heterocycles. The molecule has 1 aliphatic carbocycles. The molecule has 0 aliphatic heterocycles. The number of carbonyl (C=O) groups excluding carboxylic acids is 1. The van der Waals surface area contributed by atoms with Gasteiger partial charge in [-0.15, -0.1) is 11.3 Å². The van der Waals surface area contributed by atoms with Crippen LogP contribution in [0.15, 0.2) is 53.9 Å². The highest BCUT2D eigenvalue weighted by Crippen LogP contribution is 2.30. The van der Waals surface area contributed by atoms with Crippen molar-refractivity contribution < 1.29 is 19.4 Å². The lowest BCUT2D eigenvalue weighted by Crippen LogP contribution is -2.32. The summed E-state index contributed by atoms with van der Waals surface area (Å²) in [5.41, 5.74) is 2.40. The lowest BCUT2D eigenvalue weighted by Gasteiger charge is -2.23. The number of thiazole rings is 1. The van der Waals surface area contributed by atoms with Crippen LogP contribution >= 0.6 is 11.3 Å². The second kappa shape index (κ2) is 9.28. The van der Waals surface area contributed by atoms with Crippen LogP contribution in [0.2, 0.25) is 0 Å². The first-order chi connectivity index (χ1) is 14.7. The van der Waals surface area contributed by atoms with E-state index in [0.717, 1.165) is 34.9 Å². The van der Waals surface area contributed by atoms with Crippen LogP contribution in [0.5, 0.6) is 11.5 Å². The quantitative estimate of drug-likeness (QED) is 0.562. The van der Waals surface area contributed by atoms with E-state index >= 15 is 0 Å². The standard InChI is InChI=1S/C23H24N2O4S/c1-28-20-10-4-17(5-11-20)23(27)25(19-6-7-19)12-16-2-8-21(9-3-16)29-14-22-24-18(13-26)15-30-22/h2-5,8-11,15,19,26H,6-7,12-14H2,1H3. The fourth-order valence-electron chi connectivity index (χ4n) is 3.17. The van der Waals surface area contributed by atoms with Crippen molar-refractivity contribution in [2.45, 2.75) is 38.6 Å². The van der Waals surface area contributed by atoms with Gasteiger partial charge < -0.3 is 19.5 Å². The van der Waals surface area contributed by atoms with Crippen molar-refractivity contribution >= 4 is 17.2 Å². The van der Waals surface area contributed by atoms with Crippen molar-refractivity contribution in [2.24, 2.45) is 0 Å². The highest BCUT2D eigenvalue weighted by molar-refractivity contribution is 7.09. The highest BCUT2D eigenvalue weighted by atomic mass is 32.1. The molecule has 0 spiro atoms. The highest BCUT2D eigenvalue weighted by Gasteiger charge is 2.33. The number of aliphatic hydroxyl groups is 1. The van der Waals surface area contributed by atoms with Crippen molar-refractivity contribution in [2.75, 3.05) is 7.11 Å². The van der Waals surface area contributed by atoms with E-state index in [0.29, 0.717) is 30.5 Å². The zero-order valence-electron chi connectivity index (χ0n) is 16.8. The Hall–Kier alpha value is -2.90. The Kier molecular flexibility index (Phi) is 6.30. The van der Waals surface area contributed by atoms with Gasteiger partial charge in [0.1, 0.15) is 23.1 Å². The zero-order chi connectivity index (χ0) is 20.9. The molecule has 1 aliphatic rings. The zero-order valence-corrected chi connectivity index (χ0v) is 17.6. The number of hydrogen-bond donors (Lipinski definition) is 1. The van der Waals surface area contributed by atoms with E-state index in [2.05, 4.69) is 4.98 Å². The van der Waals surface area contributed by atoms with Gasteiger partial charge in [0.15, 0.2) is 0 Å². The molecule has 4 rings (SSSR count). The Morgan fingerprint density at radius 3 is 2.43 bits per heavy atom. The van der Waals surface area contributed by atoms with E-state index in [-0.39, 0.29) is 12.5 Å². The number of benzene rings is 2. The number of ether oxygens (including phenoxy) is 2. The molecule has 1 fully saturated rings. The lowest BCUT2D eigenvalue weighted by molar-refractivity contribution is 0.0730. The predicted octanol–water partition coefficient (Wildman–Crippen LogP) is 4.03. The molecule has 0 atom stereocenters. The topological polar surface area (TPSA) is 71.9 Å². The van der Waals surface area contributed by atoms with E-state index in [1.54, 1.807) is 7.11 Å². The van der Waals surface area contributed by atoms with Crippen molar-refractivity contribution in [3.63, 3.8) is 0 Å². The van der Waals surface area contributed by atoms with Crippen LogP contribution in [0.3, 0.4) is 0 Å². The second-order valence-electron chi connectivity index (χ2n) is 7.22. The maximum absolute atomic E-state index is 13.0. The molecule has 156 valence electrons. The van der Waals surface area contributed by atoms with E-state index in [4.69, 9.17) is 14.6 Å². The maximum Gasteiger partial charge on any atom is 0.254 e. The third-order valence-electron chi connectivity index (χ3n) is 4.99. The number of nitrogens with zero attached hydrogens (tertiary/aromatic N) is 2. The molecule has 0 saturated heterocycles. The Labute approximate surface area is 179 Å². The van der Waals surface area contributed by atoms with E-state index in [9.17, 15) is 4.79 Å². The van der Waals surface area contributed by atoms with Gasteiger partial charge in [0.2, 0.25) is 0 Å². The van der Waals surface area contributed by atoms with Crippen LogP contribution in [-0.2, 0) is 19.8 Å². The molecular formula is C23H24N2O4S. The minimum Gasteiger partial charge on any atom is -0.497 e. The van der Waals surface area contributed by atoms with Crippen LogP contribution < -0.4 is 9.47 Å². The molecule has 30 heavy (non-hydrogen) atoms. The van der Waals surface area contributed by atoms with Crippen LogP contribution in [0, 0.1) is 0 Å². The average molecular weight is 425 g/mol. The Morgan fingerprint density at radius 1 is 1.13 bits per heavy atom. The van der Waals surface area contributed by atoms with Crippen LogP contribution in [0.1, 0.15) is 39.5 Å². The third-order valence-corrected chi connectivity index (χ3v) is 5.86. The first-order valence-corrected chi connectivity index (χ1v) is 10.7. The van der Waals surface area contributed by atoms with E-state index in [1.807, 2.05) is 58.8 Å². The molecule has 0 bridgehead atoms. The van der Waals surface area contributed by atoms with Gasteiger partial charge >= 0.3 is 0 Å². The summed E-state index contributed by atoms with van der Waals surface area (Å²) in [4.78, 5) is 19.2. The molecule has 1 saturated carbocycles. The van der Waals surface area contributed by atoms with Gasteiger partial charge in [-0.1, -0.05) is 12.1 Å². The molecule has 1 amide bonds. The third kappa shape index (κ3) is 4.98. The molecule has 0 unspecified atom stereocenters. The largest absolute Gasteiger partial charge is 0.497 e. The van der Waals surface area contributed by atoms with Gasteiger partial charge in [-0.3, -0.25) is 4.79 Å². The van der Waals surface area contributed by atoms with Crippen LogP contribution in [-0.4, -0.2) is 34.0 Å². The predicted molar refractivity (Wildman–Crippen MR) is 115 cm³/mol. The SMILES string of the molecule is COc1ccc(C(=O)N(Cc2ccc(OCc3nc(CO)cs3)cc2)C2CC2)cc1. The summed E-state index contributed by atoms with van der Waals surface area (Å²) in [5, 5.41) is 11.7. The van der Waals surface area contributed by atoms with Crippen molar-refractivity contribution in [1.82, 2.24) is 9.88 Å². The number of hydrogen-bond acceptors (Lipinski definition) is 6. The van der Waals surface area contributed by atoms with Gasteiger partial charge in [0, 0.05) is 23.5 Å². The summed E-state index contributed by atoms with van der Waals surface area (Å²) in [6.07, 6.45) is 2.10. The molecule has 2 aromatic carbocycles. The summed E-state index contributed by atoms with van der Waals surface area (Å²) in [5.74, 6) is 1.54. The average Bonchev–Trinajstić information content (AvgIpc) is 3.53. The summed E-state index contributed by atoms with van der Waals surface area (Å²) in [7, 11) is 1.62. The fourth-order valence-corrected chi connectivity index (χ4v) is 3.87. The Bertz CT molecular complexity index is 981. The van der Waals surface area contributed by atoms with Crippen LogP contribution in [0.25, 0.3) is 0 Å². The van der Waals surface area contributed by atoms with Crippen molar-refractivity contribution in [1.29, 1.82) is 0 Å². The van der Waals surface area contributed by atoms with Gasteiger partial charge in [-0.2, -0.15) is 0 Å². The minimum atomic E-state index is -0.0576. The van der Waals surface area contributed by atoms with Gasteiger partial charge in [-0.25, -0.2) is 4.98 Å². The maximum atomic E-state index is 13.0. The number of amides is 1. The summed E-state index contributed by atoms with van der Waals surface area (Å²) >= 11 is 1.47. The molecule has 1 N–H and O–H groups in total. The monoisotopic (exact) mass is 424 g/mol. The molecule has 1 aromatic heterocycles. The molecule has 6 nitrogen and oxygen atoms in total. The van der Waals surface area contributed by atoms with E-state index < -0.39 is 0 Å². The molecule has 7 heteroatoms. The van der Waals surface area contributed by atoms with Crippen molar-refractivity contribution in [3.05, 3.63) is 75.7 Å².